The van der Waals surface area contributed by atoms with Crippen LogP contribution in [0.2, 0.25) is 0 Å². The molecule has 0 aliphatic carbocycles. The minimum Gasteiger partial charge on any atom is -0.351 e. The Morgan fingerprint density at radius 1 is 0.667 bits per heavy atom. The van der Waals surface area contributed by atoms with Crippen molar-refractivity contribution in [2.75, 3.05) is 13.1 Å². The number of piperidine rings is 1. The van der Waals surface area contributed by atoms with Gasteiger partial charge >= 0.3 is 0 Å². The van der Waals surface area contributed by atoms with Crippen LogP contribution in [0.25, 0.3) is 0 Å². The van der Waals surface area contributed by atoms with E-state index in [4.69, 9.17) is 0 Å². The minimum absolute atomic E-state index is 0.359. The van der Waals surface area contributed by atoms with Crippen molar-refractivity contribution in [3.8, 4) is 0 Å². The highest BCUT2D eigenvalue weighted by atomic mass is 15.2. The predicted octanol–water partition coefficient (Wildman–Crippen LogP) is 4.91. The van der Waals surface area contributed by atoms with Gasteiger partial charge in [-0.3, -0.25) is 4.90 Å². The Kier molecular flexibility index (Phi) is 4.48. The third-order valence-corrected chi connectivity index (χ3v) is 5.14. The Balaban J connectivity index is 1.57. The van der Waals surface area contributed by atoms with E-state index in [0.29, 0.717) is 12.1 Å². The molecule has 1 aromatic heterocycles. The molecule has 0 spiro atoms. The van der Waals surface area contributed by atoms with Crippen LogP contribution in [0.1, 0.15) is 36.1 Å². The van der Waals surface area contributed by atoms with Crippen LogP contribution < -0.4 is 0 Å². The molecule has 2 aromatic carbocycles. The zero-order chi connectivity index (χ0) is 16.2. The summed E-state index contributed by atoms with van der Waals surface area (Å²) in [5, 5.41) is 0. The average Bonchev–Trinajstić information content (AvgIpc) is 3.19. The number of hydrogen-bond acceptors (Lipinski definition) is 1. The van der Waals surface area contributed by atoms with Crippen molar-refractivity contribution in [1.29, 1.82) is 0 Å². The Hall–Kier alpha value is -2.32. The average molecular weight is 316 g/mol. The van der Waals surface area contributed by atoms with Crippen molar-refractivity contribution in [2.24, 2.45) is 0 Å². The molecule has 3 aromatic rings. The molecular weight excluding hydrogens is 292 g/mol. The molecule has 0 radical (unpaired) electrons. The first-order valence-electron chi connectivity index (χ1n) is 8.88. The van der Waals surface area contributed by atoms with Gasteiger partial charge in [-0.25, -0.2) is 0 Å². The maximum absolute atomic E-state index is 2.64. The number of hydrogen-bond donors (Lipinski definition) is 0. The van der Waals surface area contributed by atoms with E-state index in [1.54, 1.807) is 0 Å². The second-order valence-electron chi connectivity index (χ2n) is 6.62. The molecule has 4 rings (SSSR count). The number of benzene rings is 2. The molecule has 122 valence electrons. The zero-order valence-corrected chi connectivity index (χ0v) is 14.0. The third kappa shape index (κ3) is 3.15. The Bertz CT molecular complexity index is 687. The Morgan fingerprint density at radius 3 is 1.67 bits per heavy atom. The molecule has 24 heavy (non-hydrogen) atoms. The number of likely N-dealkylation sites (tertiary alicyclic amines) is 1. The van der Waals surface area contributed by atoms with E-state index in [1.807, 2.05) is 0 Å². The maximum atomic E-state index is 2.64. The second-order valence-corrected chi connectivity index (χ2v) is 6.62. The summed E-state index contributed by atoms with van der Waals surface area (Å²) in [6.07, 6.45) is 6.83. The van der Waals surface area contributed by atoms with Gasteiger partial charge in [0.2, 0.25) is 0 Å². The van der Waals surface area contributed by atoms with Crippen molar-refractivity contribution < 1.29 is 0 Å². The van der Waals surface area contributed by atoms with Crippen LogP contribution in [-0.2, 0) is 0 Å². The van der Waals surface area contributed by atoms with Crippen LogP contribution in [0.15, 0.2) is 85.2 Å². The van der Waals surface area contributed by atoms with Gasteiger partial charge in [0.1, 0.15) is 0 Å². The van der Waals surface area contributed by atoms with Crippen molar-refractivity contribution in [3.05, 3.63) is 96.3 Å². The molecule has 1 aliphatic heterocycles. The highest BCUT2D eigenvalue weighted by molar-refractivity contribution is 5.31. The quantitative estimate of drug-likeness (QED) is 0.663. The van der Waals surface area contributed by atoms with Gasteiger partial charge in [0.15, 0.2) is 0 Å². The summed E-state index contributed by atoms with van der Waals surface area (Å²) in [7, 11) is 0. The van der Waals surface area contributed by atoms with Crippen molar-refractivity contribution in [3.63, 3.8) is 0 Å². The SMILES string of the molecule is c1ccc(C(c2ccccc2)N2CCC(n3cccc3)CC2)cc1. The summed E-state index contributed by atoms with van der Waals surface area (Å²) in [6.45, 7) is 2.27. The van der Waals surface area contributed by atoms with Gasteiger partial charge in [-0.2, -0.15) is 0 Å². The standard InChI is InChI=1S/C22H24N2/c1-3-9-19(10-4-1)22(20-11-5-2-6-12-20)24-17-13-21(14-18-24)23-15-7-8-16-23/h1-12,15-16,21-22H,13-14,17-18H2. The van der Waals surface area contributed by atoms with Crippen molar-refractivity contribution in [2.45, 2.75) is 24.9 Å². The molecule has 0 atom stereocenters. The van der Waals surface area contributed by atoms with Crippen LogP contribution in [-0.4, -0.2) is 22.6 Å². The Labute approximate surface area is 144 Å². The van der Waals surface area contributed by atoms with E-state index < -0.39 is 0 Å². The van der Waals surface area contributed by atoms with Crippen molar-refractivity contribution in [1.82, 2.24) is 9.47 Å². The molecule has 0 saturated carbocycles. The third-order valence-electron chi connectivity index (χ3n) is 5.14. The molecule has 0 bridgehead atoms. The van der Waals surface area contributed by atoms with Crippen LogP contribution >= 0.6 is 0 Å². The summed E-state index contributed by atoms with van der Waals surface area (Å²) < 4.78 is 2.37. The van der Waals surface area contributed by atoms with Gasteiger partial charge in [-0.1, -0.05) is 60.7 Å². The maximum Gasteiger partial charge on any atom is 0.0601 e. The summed E-state index contributed by atoms with van der Waals surface area (Å²) in [6, 6.07) is 27.1. The van der Waals surface area contributed by atoms with Crippen LogP contribution in [0.3, 0.4) is 0 Å². The normalized spacial score (nSPS) is 16.5. The molecular formula is C22H24N2. The first-order valence-corrected chi connectivity index (χ1v) is 8.88. The molecule has 1 fully saturated rings. The summed E-state index contributed by atoms with van der Waals surface area (Å²) in [4.78, 5) is 2.64. The molecule has 0 N–H and O–H groups in total. The van der Waals surface area contributed by atoms with Crippen LogP contribution in [0, 0.1) is 0 Å². The zero-order valence-electron chi connectivity index (χ0n) is 14.0. The van der Waals surface area contributed by atoms with Gasteiger partial charge in [-0.05, 0) is 36.1 Å². The first-order chi connectivity index (χ1) is 11.9. The molecule has 2 nitrogen and oxygen atoms in total. The molecule has 0 unspecified atom stereocenters. The summed E-state index contributed by atoms with van der Waals surface area (Å²) in [5.74, 6) is 0. The van der Waals surface area contributed by atoms with Gasteiger partial charge in [0.25, 0.3) is 0 Å². The van der Waals surface area contributed by atoms with E-state index >= 15 is 0 Å². The lowest BCUT2D eigenvalue weighted by atomic mass is 9.94. The van der Waals surface area contributed by atoms with E-state index in [2.05, 4.69) is 94.7 Å². The summed E-state index contributed by atoms with van der Waals surface area (Å²) in [5.41, 5.74) is 2.78. The van der Waals surface area contributed by atoms with Crippen LogP contribution in [0.5, 0.6) is 0 Å². The van der Waals surface area contributed by atoms with Gasteiger partial charge < -0.3 is 4.57 Å². The first kappa shape index (κ1) is 15.2. The minimum atomic E-state index is 0.359. The lowest BCUT2D eigenvalue weighted by Gasteiger charge is -2.38. The highest BCUT2D eigenvalue weighted by Gasteiger charge is 2.27. The van der Waals surface area contributed by atoms with E-state index in [-0.39, 0.29) is 0 Å². The fourth-order valence-electron chi connectivity index (χ4n) is 3.92. The molecule has 1 saturated heterocycles. The number of aromatic nitrogens is 1. The molecule has 2 heteroatoms. The molecule has 2 heterocycles. The number of rotatable bonds is 4. The van der Waals surface area contributed by atoms with E-state index in [1.165, 1.54) is 24.0 Å². The number of nitrogens with zero attached hydrogens (tertiary/aromatic N) is 2. The molecule has 1 aliphatic rings. The smallest absolute Gasteiger partial charge is 0.0601 e. The second kappa shape index (κ2) is 7.06. The fraction of sp³-hybridized carbons (Fsp3) is 0.273. The lowest BCUT2D eigenvalue weighted by Crippen LogP contribution is -2.37. The monoisotopic (exact) mass is 316 g/mol. The van der Waals surface area contributed by atoms with Crippen molar-refractivity contribution >= 4 is 0 Å². The van der Waals surface area contributed by atoms with Gasteiger partial charge in [0, 0.05) is 31.5 Å². The predicted molar refractivity (Wildman–Crippen MR) is 99.0 cm³/mol. The van der Waals surface area contributed by atoms with E-state index in [9.17, 15) is 0 Å². The lowest BCUT2D eigenvalue weighted by molar-refractivity contribution is 0.153. The molecule has 0 amide bonds. The van der Waals surface area contributed by atoms with E-state index in [0.717, 1.165) is 13.1 Å². The van der Waals surface area contributed by atoms with Gasteiger partial charge in [0.05, 0.1) is 6.04 Å². The summed E-state index contributed by atoms with van der Waals surface area (Å²) >= 11 is 0. The highest BCUT2D eigenvalue weighted by Crippen LogP contribution is 2.33. The van der Waals surface area contributed by atoms with Crippen LogP contribution in [0.4, 0.5) is 0 Å². The largest absolute Gasteiger partial charge is 0.351 e. The van der Waals surface area contributed by atoms with Gasteiger partial charge in [-0.15, -0.1) is 0 Å². The topological polar surface area (TPSA) is 8.17 Å². The Morgan fingerprint density at radius 2 is 1.17 bits per heavy atom. The fourth-order valence-corrected chi connectivity index (χ4v) is 3.92.